The maximum absolute atomic E-state index is 11.8. The van der Waals surface area contributed by atoms with Crippen LogP contribution in [0.5, 0.6) is 0 Å². The Morgan fingerprint density at radius 2 is 2.00 bits per heavy atom. The van der Waals surface area contributed by atoms with Crippen LogP contribution in [-0.2, 0) is 11.3 Å². The molecule has 0 saturated heterocycles. The van der Waals surface area contributed by atoms with Gasteiger partial charge in [0.2, 0.25) is 5.91 Å². The highest BCUT2D eigenvalue weighted by atomic mass is 79.9. The van der Waals surface area contributed by atoms with E-state index in [0.717, 1.165) is 15.7 Å². The Kier molecular flexibility index (Phi) is 5.75. The van der Waals surface area contributed by atoms with Crippen molar-refractivity contribution in [3.63, 3.8) is 0 Å². The molecule has 0 aliphatic rings. The van der Waals surface area contributed by atoms with Crippen molar-refractivity contribution in [1.29, 1.82) is 0 Å². The SMILES string of the molecule is Cc1ccc(NCCC(=O)NCc2ccncc2)c(Br)c1. The Balaban J connectivity index is 1.72. The minimum atomic E-state index is 0.0301. The fourth-order valence-corrected chi connectivity index (χ4v) is 2.50. The number of hydrogen-bond acceptors (Lipinski definition) is 3. The zero-order valence-corrected chi connectivity index (χ0v) is 13.5. The molecule has 0 aliphatic carbocycles. The van der Waals surface area contributed by atoms with Gasteiger partial charge in [-0.1, -0.05) is 6.07 Å². The Bertz CT molecular complexity index is 602. The minimum absolute atomic E-state index is 0.0301. The highest BCUT2D eigenvalue weighted by Gasteiger charge is 2.03. The molecule has 0 aliphatic heterocycles. The molecule has 0 spiro atoms. The van der Waals surface area contributed by atoms with Crippen molar-refractivity contribution in [3.05, 3.63) is 58.3 Å². The van der Waals surface area contributed by atoms with E-state index >= 15 is 0 Å². The molecule has 21 heavy (non-hydrogen) atoms. The van der Waals surface area contributed by atoms with E-state index in [0.29, 0.717) is 19.5 Å². The number of carbonyl (C=O) groups is 1. The van der Waals surface area contributed by atoms with Crippen molar-refractivity contribution in [3.8, 4) is 0 Å². The first-order valence-electron chi connectivity index (χ1n) is 6.81. The number of hydrogen-bond donors (Lipinski definition) is 2. The smallest absolute Gasteiger partial charge is 0.222 e. The molecular weight excluding hydrogens is 330 g/mol. The number of nitrogens with one attached hydrogen (secondary N) is 2. The standard InChI is InChI=1S/C16H18BrN3O/c1-12-2-3-15(14(17)10-12)19-9-6-16(21)20-11-13-4-7-18-8-5-13/h2-5,7-8,10,19H,6,9,11H2,1H3,(H,20,21). The number of rotatable bonds is 6. The van der Waals surface area contributed by atoms with E-state index in [4.69, 9.17) is 0 Å². The summed E-state index contributed by atoms with van der Waals surface area (Å²) in [5.41, 5.74) is 3.25. The van der Waals surface area contributed by atoms with Gasteiger partial charge in [-0.05, 0) is 58.2 Å². The number of aromatic nitrogens is 1. The molecule has 2 aromatic rings. The third-order valence-electron chi connectivity index (χ3n) is 3.03. The number of amides is 1. The van der Waals surface area contributed by atoms with E-state index in [1.165, 1.54) is 5.56 Å². The van der Waals surface area contributed by atoms with Crippen LogP contribution in [0.15, 0.2) is 47.2 Å². The molecule has 0 fully saturated rings. The van der Waals surface area contributed by atoms with E-state index in [9.17, 15) is 4.79 Å². The summed E-state index contributed by atoms with van der Waals surface area (Å²) in [6.45, 7) is 3.18. The van der Waals surface area contributed by atoms with Crippen molar-refractivity contribution in [2.24, 2.45) is 0 Å². The third kappa shape index (κ3) is 5.19. The van der Waals surface area contributed by atoms with Crippen LogP contribution in [-0.4, -0.2) is 17.4 Å². The molecule has 4 nitrogen and oxygen atoms in total. The Morgan fingerprint density at radius 3 is 2.71 bits per heavy atom. The lowest BCUT2D eigenvalue weighted by molar-refractivity contribution is -0.121. The molecule has 0 saturated carbocycles. The normalized spacial score (nSPS) is 10.2. The molecule has 0 unspecified atom stereocenters. The number of pyridine rings is 1. The van der Waals surface area contributed by atoms with Gasteiger partial charge in [-0.3, -0.25) is 9.78 Å². The van der Waals surface area contributed by atoms with Gasteiger partial charge in [0.15, 0.2) is 0 Å². The first-order chi connectivity index (χ1) is 10.1. The van der Waals surface area contributed by atoms with Gasteiger partial charge >= 0.3 is 0 Å². The summed E-state index contributed by atoms with van der Waals surface area (Å²) in [5, 5.41) is 6.14. The first kappa shape index (κ1) is 15.5. The average Bonchev–Trinajstić information content (AvgIpc) is 2.48. The Morgan fingerprint density at radius 1 is 1.24 bits per heavy atom. The Labute approximate surface area is 133 Å². The fourth-order valence-electron chi connectivity index (χ4n) is 1.86. The third-order valence-corrected chi connectivity index (χ3v) is 3.69. The molecular formula is C16H18BrN3O. The largest absolute Gasteiger partial charge is 0.384 e. The molecule has 110 valence electrons. The molecule has 1 amide bonds. The molecule has 5 heteroatoms. The van der Waals surface area contributed by atoms with Crippen molar-refractivity contribution in [1.82, 2.24) is 10.3 Å². The number of halogens is 1. The van der Waals surface area contributed by atoms with Crippen LogP contribution in [0.3, 0.4) is 0 Å². The monoisotopic (exact) mass is 347 g/mol. The van der Waals surface area contributed by atoms with Crippen LogP contribution < -0.4 is 10.6 Å². The molecule has 1 aromatic carbocycles. The zero-order valence-electron chi connectivity index (χ0n) is 11.9. The summed E-state index contributed by atoms with van der Waals surface area (Å²) < 4.78 is 1.01. The molecule has 0 atom stereocenters. The molecule has 0 bridgehead atoms. The van der Waals surface area contributed by atoms with Gasteiger partial charge in [0, 0.05) is 42.1 Å². The number of aryl methyl sites for hydroxylation is 1. The summed E-state index contributed by atoms with van der Waals surface area (Å²) in [6.07, 6.45) is 3.88. The lowest BCUT2D eigenvalue weighted by atomic mass is 10.2. The molecule has 2 rings (SSSR count). The van der Waals surface area contributed by atoms with E-state index < -0.39 is 0 Å². The molecule has 1 heterocycles. The van der Waals surface area contributed by atoms with Gasteiger partial charge in [-0.2, -0.15) is 0 Å². The van der Waals surface area contributed by atoms with Crippen molar-refractivity contribution >= 4 is 27.5 Å². The van der Waals surface area contributed by atoms with Crippen molar-refractivity contribution in [2.75, 3.05) is 11.9 Å². The van der Waals surface area contributed by atoms with Crippen LogP contribution in [0.4, 0.5) is 5.69 Å². The second-order valence-corrected chi connectivity index (χ2v) is 5.65. The summed E-state index contributed by atoms with van der Waals surface area (Å²) >= 11 is 3.51. The minimum Gasteiger partial charge on any atom is -0.384 e. The van der Waals surface area contributed by atoms with Crippen LogP contribution in [0.2, 0.25) is 0 Å². The molecule has 2 N–H and O–H groups in total. The lowest BCUT2D eigenvalue weighted by Gasteiger charge is -2.09. The number of nitrogens with zero attached hydrogens (tertiary/aromatic N) is 1. The second-order valence-electron chi connectivity index (χ2n) is 4.79. The van der Waals surface area contributed by atoms with Crippen LogP contribution in [0, 0.1) is 6.92 Å². The van der Waals surface area contributed by atoms with Gasteiger partial charge in [-0.15, -0.1) is 0 Å². The number of anilines is 1. The van der Waals surface area contributed by atoms with Crippen molar-refractivity contribution in [2.45, 2.75) is 19.9 Å². The van der Waals surface area contributed by atoms with Gasteiger partial charge in [-0.25, -0.2) is 0 Å². The molecule has 0 radical (unpaired) electrons. The van der Waals surface area contributed by atoms with E-state index in [1.807, 2.05) is 37.3 Å². The van der Waals surface area contributed by atoms with Gasteiger partial charge in [0.25, 0.3) is 0 Å². The summed E-state index contributed by atoms with van der Waals surface area (Å²) in [5.74, 6) is 0.0301. The summed E-state index contributed by atoms with van der Waals surface area (Å²) in [4.78, 5) is 15.7. The summed E-state index contributed by atoms with van der Waals surface area (Å²) in [6, 6.07) is 9.88. The van der Waals surface area contributed by atoms with Gasteiger partial charge < -0.3 is 10.6 Å². The zero-order chi connectivity index (χ0) is 15.1. The fraction of sp³-hybridized carbons (Fsp3) is 0.250. The maximum atomic E-state index is 11.8. The van der Waals surface area contributed by atoms with Crippen LogP contribution in [0.1, 0.15) is 17.5 Å². The highest BCUT2D eigenvalue weighted by molar-refractivity contribution is 9.10. The van der Waals surface area contributed by atoms with Gasteiger partial charge in [0.1, 0.15) is 0 Å². The first-order valence-corrected chi connectivity index (χ1v) is 7.60. The van der Waals surface area contributed by atoms with E-state index in [2.05, 4.69) is 31.5 Å². The quantitative estimate of drug-likeness (QED) is 0.843. The van der Waals surface area contributed by atoms with E-state index in [1.54, 1.807) is 12.4 Å². The topological polar surface area (TPSA) is 54.0 Å². The highest BCUT2D eigenvalue weighted by Crippen LogP contribution is 2.23. The van der Waals surface area contributed by atoms with Crippen molar-refractivity contribution < 1.29 is 4.79 Å². The van der Waals surface area contributed by atoms with E-state index in [-0.39, 0.29) is 5.91 Å². The number of carbonyl (C=O) groups excluding carboxylic acids is 1. The predicted molar refractivity (Wildman–Crippen MR) is 88.1 cm³/mol. The predicted octanol–water partition coefficient (Wildman–Crippen LogP) is 3.27. The molecule has 1 aromatic heterocycles. The number of benzene rings is 1. The second kappa shape index (κ2) is 7.78. The van der Waals surface area contributed by atoms with Crippen LogP contribution in [0.25, 0.3) is 0 Å². The van der Waals surface area contributed by atoms with Crippen LogP contribution >= 0.6 is 15.9 Å². The lowest BCUT2D eigenvalue weighted by Crippen LogP contribution is -2.24. The summed E-state index contributed by atoms with van der Waals surface area (Å²) in [7, 11) is 0. The Hall–Kier alpha value is -1.88. The maximum Gasteiger partial charge on any atom is 0.222 e. The average molecular weight is 348 g/mol. The van der Waals surface area contributed by atoms with Gasteiger partial charge in [0.05, 0.1) is 0 Å².